The molecule has 5 heterocycles. The third-order valence-electron chi connectivity index (χ3n) is 20.4. The van der Waals surface area contributed by atoms with E-state index in [1.165, 1.54) is 128 Å². The molecular weight excluding hydrogens is 1040 g/mol. The number of rotatable bonds is 4. The normalized spacial score (nSPS) is 18.6. The van der Waals surface area contributed by atoms with Gasteiger partial charge in [0.05, 0.1) is 28.0 Å². The molecule has 3 aliphatic heterocycles. The fourth-order valence-corrected chi connectivity index (χ4v) is 16.6. The lowest BCUT2D eigenvalue weighted by atomic mass is 9.33. The van der Waals surface area contributed by atoms with Crippen LogP contribution >= 0.6 is 11.3 Å². The van der Waals surface area contributed by atoms with Crippen LogP contribution in [0.2, 0.25) is 0 Å². The van der Waals surface area contributed by atoms with Gasteiger partial charge in [0.25, 0.3) is 6.71 Å². The van der Waals surface area contributed by atoms with E-state index in [4.69, 9.17) is 4.42 Å². The van der Waals surface area contributed by atoms with Gasteiger partial charge in [-0.05, 0) is 164 Å². The van der Waals surface area contributed by atoms with Gasteiger partial charge in [-0.1, -0.05) is 200 Å². The summed E-state index contributed by atoms with van der Waals surface area (Å²) >= 11 is 1.90. The van der Waals surface area contributed by atoms with Crippen LogP contribution in [-0.4, -0.2) is 12.3 Å². The third-order valence-corrected chi connectivity index (χ3v) is 21.6. The average molecular weight is 1120 g/mol. The molecule has 0 spiro atoms. The quantitative estimate of drug-likeness (QED) is 0.164. The van der Waals surface area contributed by atoms with Crippen LogP contribution in [0.5, 0.6) is 0 Å². The molecule has 2 unspecified atom stereocenters. The van der Waals surface area contributed by atoms with Crippen molar-refractivity contribution in [1.29, 1.82) is 0 Å². The smallest absolute Gasteiger partial charge is 0.252 e. The van der Waals surface area contributed by atoms with Crippen LogP contribution in [-0.2, 0) is 27.1 Å². The van der Waals surface area contributed by atoms with Crippen molar-refractivity contribution >= 4 is 122 Å². The summed E-state index contributed by atoms with van der Waals surface area (Å²) in [5.74, 6) is 0. The minimum Gasteiger partial charge on any atom is -0.456 e. The van der Waals surface area contributed by atoms with Crippen LogP contribution in [0.4, 0.5) is 45.5 Å². The van der Waals surface area contributed by atoms with Crippen LogP contribution in [0.3, 0.4) is 0 Å². The summed E-state index contributed by atoms with van der Waals surface area (Å²) in [6, 6.07) is 66.6. The van der Waals surface area contributed by atoms with Gasteiger partial charge in [0.2, 0.25) is 0 Å². The number of thiophene rings is 1. The summed E-state index contributed by atoms with van der Waals surface area (Å²) in [5, 5.41) is 4.90. The van der Waals surface area contributed by atoms with Gasteiger partial charge in [-0.15, -0.1) is 11.3 Å². The fourth-order valence-electron chi connectivity index (χ4n) is 15.5. The van der Waals surface area contributed by atoms with E-state index in [2.05, 4.69) is 281 Å². The maximum Gasteiger partial charge on any atom is 0.252 e. The number of fused-ring (bicyclic) bond motifs is 14. The lowest BCUT2D eigenvalue weighted by molar-refractivity contribution is 0.195. The van der Waals surface area contributed by atoms with Crippen LogP contribution in [0, 0.1) is 0 Å². The highest BCUT2D eigenvalue weighted by molar-refractivity contribution is 7.26. The van der Waals surface area contributed by atoms with Crippen LogP contribution in [0.15, 0.2) is 174 Å². The summed E-state index contributed by atoms with van der Waals surface area (Å²) in [6.07, 6.45) is 4.65. The van der Waals surface area contributed by atoms with Crippen molar-refractivity contribution in [2.24, 2.45) is 0 Å². The Balaban J connectivity index is 1.15. The molecule has 1 aliphatic carbocycles. The molecule has 0 saturated heterocycles. The van der Waals surface area contributed by atoms with Crippen molar-refractivity contribution in [3.05, 3.63) is 198 Å². The van der Waals surface area contributed by atoms with Crippen molar-refractivity contribution in [3.8, 4) is 11.1 Å². The van der Waals surface area contributed by atoms with E-state index in [1.807, 2.05) is 11.3 Å². The van der Waals surface area contributed by atoms with E-state index in [0.717, 1.165) is 40.5 Å². The molecule has 9 aromatic carbocycles. The molecule has 0 radical (unpaired) electrons. The summed E-state index contributed by atoms with van der Waals surface area (Å²) in [4.78, 5) is 8.27. The first-order valence-corrected chi connectivity index (χ1v) is 31.7. The molecule has 15 rings (SSSR count). The number of furan rings is 1. The first-order chi connectivity index (χ1) is 39.9. The zero-order chi connectivity index (χ0) is 58.4. The van der Waals surface area contributed by atoms with Crippen LogP contribution in [0.25, 0.3) is 53.2 Å². The van der Waals surface area contributed by atoms with Crippen molar-refractivity contribution in [3.63, 3.8) is 0 Å². The maximum absolute atomic E-state index is 7.14. The Morgan fingerprint density at radius 1 is 0.452 bits per heavy atom. The standard InChI is InChI=1S/C78H78BN3OS/c1-73(2,3)48-29-34-59(54(41-48)47-23-16-15-17-24-47)81-64-46-52(82-60-35-30-50(75(7,8)9)43-56(60)77(13)39-20-21-40-78(77,82)14)45-63-71(64)79(57-33-38-66-70(72(57)81)55-42-49(74(4,5)6)32-37-65(55)83-66)58-44-51(76(10,11)12)31-36-61(58)80(63)62-26-22-28-68-69(62)53-25-18-19-27-67(53)84-68/h15-19,22-38,41-46H,20-21,39-40H2,1-14H3. The highest BCUT2D eigenvalue weighted by Gasteiger charge is 2.58. The molecule has 420 valence electrons. The minimum absolute atomic E-state index is 0.00556. The highest BCUT2D eigenvalue weighted by Crippen LogP contribution is 2.63. The predicted octanol–water partition coefficient (Wildman–Crippen LogP) is 20.6. The summed E-state index contributed by atoms with van der Waals surface area (Å²) < 4.78 is 9.74. The molecule has 2 atom stereocenters. The Bertz CT molecular complexity index is 4550. The van der Waals surface area contributed by atoms with E-state index in [9.17, 15) is 0 Å². The molecule has 84 heavy (non-hydrogen) atoms. The Kier molecular flexibility index (Phi) is 11.4. The zero-order valence-corrected chi connectivity index (χ0v) is 52.5. The maximum atomic E-state index is 7.14. The summed E-state index contributed by atoms with van der Waals surface area (Å²) in [5.41, 5.74) is 24.1. The second-order valence-electron chi connectivity index (χ2n) is 29.7. The van der Waals surface area contributed by atoms with Gasteiger partial charge in [-0.25, -0.2) is 0 Å². The van der Waals surface area contributed by atoms with Gasteiger partial charge in [0.15, 0.2) is 0 Å². The zero-order valence-electron chi connectivity index (χ0n) is 51.7. The Hall–Kier alpha value is -7.54. The molecule has 4 nitrogen and oxygen atoms in total. The Morgan fingerprint density at radius 2 is 1.05 bits per heavy atom. The number of benzene rings is 9. The number of anilines is 8. The monoisotopic (exact) mass is 1120 g/mol. The summed E-state index contributed by atoms with van der Waals surface area (Å²) in [7, 11) is 0. The molecule has 11 aromatic rings. The predicted molar refractivity (Wildman–Crippen MR) is 364 cm³/mol. The number of nitrogens with zero attached hydrogens (tertiary/aromatic N) is 3. The Morgan fingerprint density at radius 3 is 1.77 bits per heavy atom. The molecule has 0 N–H and O–H groups in total. The van der Waals surface area contributed by atoms with E-state index >= 15 is 0 Å². The SMILES string of the molecule is CC(C)(C)c1ccc2c(c1)B1c3ccc4oc5ccc(C(C)(C)C)cc5c4c3N(c3ccc(C(C)(C)C)cc3-c3ccccc3)c3cc(N4c5ccc(C(C)(C)C)cc5C5(C)CCCCC45C)cc(c31)N2c1cccc2sc3ccccc3c12. The minimum atomic E-state index is -0.217. The first-order valence-electron chi connectivity index (χ1n) is 30.9. The van der Waals surface area contributed by atoms with E-state index in [-0.39, 0.29) is 39.3 Å². The second-order valence-corrected chi connectivity index (χ2v) is 30.8. The number of hydrogen-bond acceptors (Lipinski definition) is 5. The molecule has 2 aromatic heterocycles. The second kappa shape index (κ2) is 18.0. The lowest BCUT2D eigenvalue weighted by Gasteiger charge is -2.51. The van der Waals surface area contributed by atoms with Gasteiger partial charge < -0.3 is 19.1 Å². The average Bonchev–Trinajstić information content (AvgIpc) is 1.25. The Labute approximate surface area is 502 Å². The van der Waals surface area contributed by atoms with Crippen molar-refractivity contribution < 1.29 is 4.42 Å². The lowest BCUT2D eigenvalue weighted by Crippen LogP contribution is -2.61. The van der Waals surface area contributed by atoms with Crippen LogP contribution < -0.4 is 31.1 Å². The molecular formula is C78H78BN3OS. The van der Waals surface area contributed by atoms with Gasteiger partial charge >= 0.3 is 0 Å². The van der Waals surface area contributed by atoms with Gasteiger partial charge in [0.1, 0.15) is 11.2 Å². The van der Waals surface area contributed by atoms with Gasteiger partial charge in [-0.3, -0.25) is 0 Å². The van der Waals surface area contributed by atoms with Crippen molar-refractivity contribution in [2.75, 3.05) is 14.7 Å². The molecule has 6 heteroatoms. The highest BCUT2D eigenvalue weighted by atomic mass is 32.1. The van der Waals surface area contributed by atoms with E-state index in [1.54, 1.807) is 0 Å². The topological polar surface area (TPSA) is 22.9 Å². The van der Waals surface area contributed by atoms with Crippen molar-refractivity contribution in [2.45, 2.75) is 155 Å². The third kappa shape index (κ3) is 7.70. The first kappa shape index (κ1) is 53.2. The summed E-state index contributed by atoms with van der Waals surface area (Å²) in [6.45, 7) is 33.3. The van der Waals surface area contributed by atoms with Crippen LogP contribution in [0.1, 0.15) is 150 Å². The largest absolute Gasteiger partial charge is 0.456 e. The molecule has 4 aliphatic rings. The fraction of sp³-hybridized carbons (Fsp3) is 0.308. The molecule has 0 amide bonds. The van der Waals surface area contributed by atoms with E-state index < -0.39 is 0 Å². The molecule has 1 fully saturated rings. The molecule has 0 bridgehead atoms. The van der Waals surface area contributed by atoms with Crippen molar-refractivity contribution in [1.82, 2.24) is 0 Å². The van der Waals surface area contributed by atoms with E-state index in [0.29, 0.717) is 0 Å². The number of hydrogen-bond donors (Lipinski definition) is 0. The molecule has 1 saturated carbocycles. The van der Waals surface area contributed by atoms with Gasteiger partial charge in [-0.2, -0.15) is 0 Å². The van der Waals surface area contributed by atoms with Gasteiger partial charge in [0, 0.05) is 65.0 Å².